The number of aliphatic hydroxyl groups excluding tert-OH is 2. The van der Waals surface area contributed by atoms with Crippen LogP contribution in [0.1, 0.15) is 150 Å². The zero-order valence-electron chi connectivity index (χ0n) is 49.9. The third kappa shape index (κ3) is 14.1. The average molecular weight is 1260 g/mol. The molecule has 10 atom stereocenters. The van der Waals surface area contributed by atoms with Gasteiger partial charge in [0.1, 0.15) is 11.5 Å². The van der Waals surface area contributed by atoms with Gasteiger partial charge in [-0.05, 0) is 209 Å². The van der Waals surface area contributed by atoms with E-state index in [-0.39, 0.29) is 61.3 Å². The van der Waals surface area contributed by atoms with Crippen molar-refractivity contribution in [3.63, 3.8) is 0 Å². The number of aryl methyl sites for hydroxylation is 2. The first-order valence-electron chi connectivity index (χ1n) is 30.7. The molecular weight excluding hydrogens is 1170 g/mol. The Morgan fingerprint density at radius 3 is 1.36 bits per heavy atom. The van der Waals surface area contributed by atoms with E-state index in [9.17, 15) is 36.6 Å². The van der Waals surface area contributed by atoms with Crippen LogP contribution in [0.2, 0.25) is 10.0 Å². The Labute approximate surface area is 523 Å². The maximum Gasteiger partial charge on any atom is 0.264 e. The van der Waals surface area contributed by atoms with Crippen molar-refractivity contribution in [3.05, 3.63) is 167 Å². The lowest BCUT2D eigenvalue weighted by Crippen LogP contribution is -2.49. The van der Waals surface area contributed by atoms with E-state index in [1.165, 1.54) is 22.3 Å². The van der Waals surface area contributed by atoms with Gasteiger partial charge in [0.15, 0.2) is 0 Å². The van der Waals surface area contributed by atoms with Crippen LogP contribution in [-0.4, -0.2) is 101 Å². The fraction of sp³-hybridized carbons (Fsp3) is 0.500. The van der Waals surface area contributed by atoms with Crippen LogP contribution in [0.15, 0.2) is 123 Å². The molecule has 0 radical (unpaired) electrons. The number of carbonyl (C=O) groups excluding carboxylic acids is 2. The summed E-state index contributed by atoms with van der Waals surface area (Å²) in [4.78, 5) is 31.3. The SMILES string of the molecule is C=CC[C@@H](CC)S(=O)(=O)NC(=O)c1ccc2c(c1)N(C[C@@H]1CC[C@H]1[C@@H](O)CC=C)C[C@@]1(CCCc3cc(Cl)ccc31)CO2.C=CC[C@H](CC)S(=O)(=O)NC(=O)c1ccc2c(c1)N(C[C@@H]1CC[C@H]1[C@@H](O)CC=C)C[C@@]1(CCCc3cc(Cl)ccc31)CO2.[HH].[HH]. The zero-order chi connectivity index (χ0) is 61.6. The van der Waals surface area contributed by atoms with E-state index in [1.54, 1.807) is 74.5 Å². The van der Waals surface area contributed by atoms with Gasteiger partial charge in [0.25, 0.3) is 11.8 Å². The molecule has 86 heavy (non-hydrogen) atoms. The fourth-order valence-corrected chi connectivity index (χ4v) is 17.5. The average Bonchev–Trinajstić information content (AvgIpc) is 1.50. The molecule has 0 aromatic heterocycles. The fourth-order valence-electron chi connectivity index (χ4n) is 14.4. The first-order valence-corrected chi connectivity index (χ1v) is 34.6. The summed E-state index contributed by atoms with van der Waals surface area (Å²) in [6, 6.07) is 22.6. The number of nitrogens with zero attached hydrogens (tertiary/aromatic N) is 2. The van der Waals surface area contributed by atoms with E-state index in [0.717, 1.165) is 85.6 Å². The Morgan fingerprint density at radius 1 is 0.616 bits per heavy atom. The van der Waals surface area contributed by atoms with E-state index in [4.69, 9.17) is 32.7 Å². The van der Waals surface area contributed by atoms with Crippen LogP contribution < -0.4 is 28.7 Å². The minimum atomic E-state index is -3.88. The van der Waals surface area contributed by atoms with Crippen LogP contribution >= 0.6 is 23.2 Å². The number of anilines is 2. The van der Waals surface area contributed by atoms with Crippen LogP contribution in [0.5, 0.6) is 11.5 Å². The standard InChI is InChI=1S/2C34H43ClN2O5S.2H2/c2*1-4-8-27(6-3)43(40,41)36-33(39)24-12-16-32-30(19-24)37(20-25-11-14-28(25)31(38)9-5-2)21-34(22-42-32)17-7-10-23-18-26(35)13-15-29(23)34;;/h2*4-5,12-13,15-16,18-19,25,27-28,31,38H,1-2,6-11,14,17,20-22H2,3H3,(H,36,39);2*1H/t25-,27+,28+,31-,34-;25-,27-,28+,31-,34-;;/m00../s1. The molecule has 2 amide bonds. The Kier molecular flexibility index (Phi) is 21.0. The number of hydrogen-bond acceptors (Lipinski definition) is 12. The van der Waals surface area contributed by atoms with Gasteiger partial charge in [0.2, 0.25) is 20.0 Å². The van der Waals surface area contributed by atoms with Crippen LogP contribution in [0.3, 0.4) is 0 Å². The Bertz CT molecular complexity index is 3190. The zero-order valence-corrected chi connectivity index (χ0v) is 53.0. The van der Waals surface area contributed by atoms with Gasteiger partial charge in [-0.15, -0.1) is 26.3 Å². The first-order chi connectivity index (χ1) is 41.2. The van der Waals surface area contributed by atoms with Crippen molar-refractivity contribution in [2.75, 3.05) is 49.2 Å². The predicted molar refractivity (Wildman–Crippen MR) is 349 cm³/mol. The predicted octanol–water partition coefficient (Wildman–Crippen LogP) is 12.9. The molecule has 468 valence electrons. The van der Waals surface area contributed by atoms with Gasteiger partial charge < -0.3 is 29.5 Å². The number of ether oxygens (including phenoxy) is 2. The third-order valence-corrected chi connectivity index (χ3v) is 23.6. The number of carbonyl (C=O) groups is 2. The highest BCUT2D eigenvalue weighted by atomic mass is 35.5. The maximum absolute atomic E-state index is 13.3. The summed E-state index contributed by atoms with van der Waals surface area (Å²) in [6.45, 7) is 22.2. The molecule has 14 nitrogen and oxygen atoms in total. The summed E-state index contributed by atoms with van der Waals surface area (Å²) in [6.07, 6.45) is 18.0. The summed E-state index contributed by atoms with van der Waals surface area (Å²) >= 11 is 12.8. The molecule has 4 aromatic rings. The molecule has 4 N–H and O–H groups in total. The van der Waals surface area contributed by atoms with Crippen molar-refractivity contribution >= 4 is 66.4 Å². The molecule has 0 saturated heterocycles. The van der Waals surface area contributed by atoms with Crippen molar-refractivity contribution in [1.29, 1.82) is 0 Å². The van der Waals surface area contributed by atoms with Gasteiger partial charge in [0, 0.05) is 61.0 Å². The number of rotatable bonds is 22. The summed E-state index contributed by atoms with van der Waals surface area (Å²) in [5.41, 5.74) is 6.47. The molecule has 10 rings (SSSR count). The van der Waals surface area contributed by atoms with E-state index in [0.29, 0.717) is 76.6 Å². The van der Waals surface area contributed by atoms with Crippen molar-refractivity contribution < 1.29 is 49.0 Å². The Balaban J connectivity index is 0.000000245. The molecule has 0 unspecified atom stereocenters. The molecule has 2 heterocycles. The molecule has 4 aromatic carbocycles. The van der Waals surface area contributed by atoms with Gasteiger partial charge in [-0.1, -0.05) is 73.5 Å². The lowest BCUT2D eigenvalue weighted by atomic mass is 9.68. The summed E-state index contributed by atoms with van der Waals surface area (Å²) in [5, 5.41) is 21.6. The van der Waals surface area contributed by atoms with Gasteiger partial charge in [-0.3, -0.25) is 9.59 Å². The monoisotopic (exact) mass is 1260 g/mol. The second kappa shape index (κ2) is 27.8. The van der Waals surface area contributed by atoms with Crippen LogP contribution in [0, 0.1) is 23.7 Å². The summed E-state index contributed by atoms with van der Waals surface area (Å²) in [5.74, 6) is 0.894. The van der Waals surface area contributed by atoms with E-state index in [1.807, 2.05) is 12.1 Å². The van der Waals surface area contributed by atoms with Crippen molar-refractivity contribution in [2.45, 2.75) is 150 Å². The minimum Gasteiger partial charge on any atom is -0.490 e. The molecule has 2 spiro atoms. The number of nitrogens with one attached hydrogen (secondary N) is 2. The maximum atomic E-state index is 13.3. The molecule has 0 bridgehead atoms. The third-order valence-electron chi connectivity index (χ3n) is 19.4. The second-order valence-corrected chi connectivity index (χ2v) is 29.6. The molecular formula is C68H90Cl2N4O10S2. The lowest BCUT2D eigenvalue weighted by molar-refractivity contribution is 0.0176. The lowest BCUT2D eigenvalue weighted by Gasteiger charge is -2.45. The normalized spacial score (nSPS) is 24.4. The molecule has 6 aliphatic rings. The van der Waals surface area contributed by atoms with E-state index < -0.39 is 54.6 Å². The van der Waals surface area contributed by atoms with Crippen molar-refractivity contribution in [3.8, 4) is 11.5 Å². The number of amides is 2. The smallest absolute Gasteiger partial charge is 0.264 e. The highest BCUT2D eigenvalue weighted by Gasteiger charge is 2.47. The number of hydrogen-bond donors (Lipinski definition) is 4. The molecule has 2 aliphatic heterocycles. The van der Waals surface area contributed by atoms with Gasteiger partial charge in [0.05, 0.1) is 47.3 Å². The number of fused-ring (bicyclic) bond motifs is 6. The number of aliphatic hydroxyl groups is 2. The number of halogens is 2. The first kappa shape index (κ1) is 64.8. The van der Waals surface area contributed by atoms with Gasteiger partial charge >= 0.3 is 0 Å². The van der Waals surface area contributed by atoms with Crippen LogP contribution in [0.4, 0.5) is 11.4 Å². The van der Waals surface area contributed by atoms with Crippen LogP contribution in [-0.2, 0) is 43.7 Å². The second-order valence-electron chi connectivity index (χ2n) is 24.8. The number of allylic oxidation sites excluding steroid dienone is 2. The topological polar surface area (TPSA) is 192 Å². The molecule has 2 saturated carbocycles. The van der Waals surface area contributed by atoms with Crippen molar-refractivity contribution in [2.24, 2.45) is 23.7 Å². The minimum absolute atomic E-state index is 0. The molecule has 18 heteroatoms. The van der Waals surface area contributed by atoms with E-state index in [2.05, 4.69) is 69.8 Å². The number of sulfonamides is 2. The quantitative estimate of drug-likeness (QED) is 0.0545. The highest BCUT2D eigenvalue weighted by molar-refractivity contribution is 7.91. The Morgan fingerprint density at radius 2 is 1.01 bits per heavy atom. The molecule has 2 fully saturated rings. The highest BCUT2D eigenvalue weighted by Crippen LogP contribution is 2.49. The van der Waals surface area contributed by atoms with E-state index >= 15 is 0 Å². The van der Waals surface area contributed by atoms with Gasteiger partial charge in [-0.25, -0.2) is 26.3 Å². The van der Waals surface area contributed by atoms with Crippen LogP contribution in [0.25, 0.3) is 0 Å². The molecule has 4 aliphatic carbocycles. The largest absolute Gasteiger partial charge is 0.490 e. The Hall–Kier alpha value is -5.62. The summed E-state index contributed by atoms with van der Waals surface area (Å²) < 4.78 is 69.6. The van der Waals surface area contributed by atoms with Crippen molar-refractivity contribution in [1.82, 2.24) is 9.44 Å². The van der Waals surface area contributed by atoms with Gasteiger partial charge in [-0.2, -0.15) is 0 Å². The summed E-state index contributed by atoms with van der Waals surface area (Å²) in [7, 11) is -7.76. The number of benzene rings is 4.